The van der Waals surface area contributed by atoms with Crippen molar-refractivity contribution in [3.8, 4) is 0 Å². The highest BCUT2D eigenvalue weighted by molar-refractivity contribution is 4.95. The zero-order chi connectivity index (χ0) is 6.69. The Kier molecular flexibility index (Phi) is 2.56. The molecule has 0 aliphatic heterocycles. The van der Waals surface area contributed by atoms with E-state index in [0.717, 1.165) is 5.92 Å². The highest BCUT2D eigenvalue weighted by atomic mass is 14.2. The van der Waals surface area contributed by atoms with E-state index in [1.165, 1.54) is 32.1 Å². The average Bonchev–Trinajstić information content (AvgIpc) is 1.89. The van der Waals surface area contributed by atoms with Gasteiger partial charge in [0.25, 0.3) is 0 Å². The summed E-state index contributed by atoms with van der Waals surface area (Å²) < 4.78 is 0. The maximum absolute atomic E-state index is 2.37. The molecule has 0 aromatic rings. The van der Waals surface area contributed by atoms with E-state index in [4.69, 9.17) is 0 Å². The molecule has 0 saturated heterocycles. The Bertz CT molecular complexity index is 76.1. The summed E-state index contributed by atoms with van der Waals surface area (Å²) in [4.78, 5) is 0. The lowest BCUT2D eigenvalue weighted by molar-refractivity contribution is 0.405. The van der Waals surface area contributed by atoms with E-state index in [1.54, 1.807) is 5.92 Å². The van der Waals surface area contributed by atoms with Crippen molar-refractivity contribution in [2.75, 3.05) is 0 Å². The first-order chi connectivity index (χ1) is 4.34. The summed E-state index contributed by atoms with van der Waals surface area (Å²) in [6, 6.07) is 0. The largest absolute Gasteiger partial charge is 0.0648 e. The van der Waals surface area contributed by atoms with Crippen LogP contribution in [0.3, 0.4) is 0 Å². The Hall–Kier alpha value is 0. The van der Waals surface area contributed by atoms with Gasteiger partial charge < -0.3 is 0 Å². The summed E-state index contributed by atoms with van der Waals surface area (Å²) in [6.07, 6.45) is 7.10. The highest BCUT2D eigenvalue weighted by Gasteiger charge is 2.19. The fourth-order valence-corrected chi connectivity index (χ4v) is 1.78. The van der Waals surface area contributed by atoms with Gasteiger partial charge in [0, 0.05) is 0 Å². The highest BCUT2D eigenvalue weighted by Crippen LogP contribution is 2.33. The molecule has 9 heavy (non-hydrogen) atoms. The van der Waals surface area contributed by atoms with Gasteiger partial charge in [-0.1, -0.05) is 33.1 Å². The molecule has 1 radical (unpaired) electrons. The number of hydrogen-bond acceptors (Lipinski definition) is 0. The normalized spacial score (nSPS) is 30.7. The topological polar surface area (TPSA) is 0 Å². The molecule has 1 aliphatic rings. The smallest absolute Gasteiger partial charge is 0.0215 e. The van der Waals surface area contributed by atoms with E-state index in [9.17, 15) is 0 Å². The molecule has 1 rings (SSSR count). The zero-order valence-corrected chi connectivity index (χ0v) is 6.61. The van der Waals surface area contributed by atoms with Crippen LogP contribution in [0.2, 0.25) is 0 Å². The van der Waals surface area contributed by atoms with Crippen molar-refractivity contribution in [2.45, 2.75) is 46.0 Å². The molecule has 0 amide bonds. The van der Waals surface area contributed by atoms with Crippen LogP contribution in [0.1, 0.15) is 46.0 Å². The Morgan fingerprint density at radius 3 is 2.67 bits per heavy atom. The van der Waals surface area contributed by atoms with Crippen LogP contribution < -0.4 is 0 Å². The van der Waals surface area contributed by atoms with Gasteiger partial charge in [-0.15, -0.1) is 0 Å². The van der Waals surface area contributed by atoms with E-state index in [0.29, 0.717) is 0 Å². The third-order valence-electron chi connectivity index (χ3n) is 2.54. The Morgan fingerprint density at radius 2 is 2.22 bits per heavy atom. The minimum Gasteiger partial charge on any atom is -0.0648 e. The second-order valence-corrected chi connectivity index (χ2v) is 3.16. The molecule has 1 atom stereocenters. The lowest BCUT2D eigenvalue weighted by Gasteiger charge is -2.26. The van der Waals surface area contributed by atoms with E-state index in [2.05, 4.69) is 13.8 Å². The molecule has 1 fully saturated rings. The third-order valence-corrected chi connectivity index (χ3v) is 2.54. The van der Waals surface area contributed by atoms with Gasteiger partial charge in [0.15, 0.2) is 0 Å². The maximum Gasteiger partial charge on any atom is -0.0215 e. The lowest BCUT2D eigenvalue weighted by Crippen LogP contribution is -2.13. The molecule has 1 unspecified atom stereocenters. The van der Waals surface area contributed by atoms with Gasteiger partial charge in [0.1, 0.15) is 0 Å². The fraction of sp³-hybridized carbons (Fsp3) is 0.889. The van der Waals surface area contributed by atoms with Gasteiger partial charge in [0.05, 0.1) is 0 Å². The summed E-state index contributed by atoms with van der Waals surface area (Å²) in [6.45, 7) is 4.66. The maximum atomic E-state index is 2.37. The third kappa shape index (κ3) is 1.70. The van der Waals surface area contributed by atoms with E-state index >= 15 is 0 Å². The summed E-state index contributed by atoms with van der Waals surface area (Å²) in [5.41, 5.74) is 0. The van der Waals surface area contributed by atoms with Crippen molar-refractivity contribution in [1.29, 1.82) is 0 Å². The van der Waals surface area contributed by atoms with Crippen LogP contribution in [-0.2, 0) is 0 Å². The molecule has 53 valence electrons. The van der Waals surface area contributed by atoms with Crippen molar-refractivity contribution in [3.05, 3.63) is 5.92 Å². The van der Waals surface area contributed by atoms with Crippen molar-refractivity contribution in [2.24, 2.45) is 5.92 Å². The molecule has 0 aromatic heterocycles. The van der Waals surface area contributed by atoms with Crippen molar-refractivity contribution < 1.29 is 0 Å². The first-order valence-electron chi connectivity index (χ1n) is 4.19. The number of rotatable bonds is 1. The van der Waals surface area contributed by atoms with Crippen LogP contribution in [0, 0.1) is 11.8 Å². The minimum absolute atomic E-state index is 0.934. The first kappa shape index (κ1) is 7.11. The molecule has 0 spiro atoms. The summed E-state index contributed by atoms with van der Waals surface area (Å²) in [7, 11) is 0. The molecule has 0 nitrogen and oxygen atoms in total. The molecular weight excluding hydrogens is 108 g/mol. The Balaban J connectivity index is 2.30. The predicted molar refractivity (Wildman–Crippen MR) is 41.2 cm³/mol. The molecule has 0 heteroatoms. The molecular formula is C9H17. The van der Waals surface area contributed by atoms with E-state index < -0.39 is 0 Å². The average molecular weight is 125 g/mol. The fourth-order valence-electron chi connectivity index (χ4n) is 1.78. The Labute approximate surface area is 58.7 Å². The quantitative estimate of drug-likeness (QED) is 0.505. The first-order valence-corrected chi connectivity index (χ1v) is 4.19. The van der Waals surface area contributed by atoms with Crippen molar-refractivity contribution in [3.63, 3.8) is 0 Å². The lowest BCUT2D eigenvalue weighted by atomic mass is 9.79. The van der Waals surface area contributed by atoms with E-state index in [-0.39, 0.29) is 0 Å². The van der Waals surface area contributed by atoms with Crippen LogP contribution in [-0.4, -0.2) is 0 Å². The summed E-state index contributed by atoms with van der Waals surface area (Å²) in [5.74, 6) is 2.74. The monoisotopic (exact) mass is 125 g/mol. The number of hydrogen-bond donors (Lipinski definition) is 0. The molecule has 0 bridgehead atoms. The summed E-state index contributed by atoms with van der Waals surface area (Å²) in [5, 5.41) is 0. The second kappa shape index (κ2) is 3.24. The van der Waals surface area contributed by atoms with Gasteiger partial charge in [-0.25, -0.2) is 0 Å². The van der Waals surface area contributed by atoms with Gasteiger partial charge in [-0.05, 0) is 24.7 Å². The van der Waals surface area contributed by atoms with Crippen molar-refractivity contribution >= 4 is 0 Å². The second-order valence-electron chi connectivity index (χ2n) is 3.16. The van der Waals surface area contributed by atoms with Crippen LogP contribution in [0.25, 0.3) is 0 Å². The molecule has 1 aliphatic carbocycles. The van der Waals surface area contributed by atoms with Gasteiger partial charge in [-0.2, -0.15) is 0 Å². The van der Waals surface area contributed by atoms with Crippen LogP contribution >= 0.6 is 0 Å². The molecule has 0 N–H and O–H groups in total. The van der Waals surface area contributed by atoms with E-state index in [1.807, 2.05) is 0 Å². The molecule has 1 saturated carbocycles. The SMILES string of the molecule is CC[C]1CCCCC1C. The van der Waals surface area contributed by atoms with Gasteiger partial charge in [0.2, 0.25) is 0 Å². The minimum atomic E-state index is 0.934. The zero-order valence-electron chi connectivity index (χ0n) is 6.61. The summed E-state index contributed by atoms with van der Waals surface area (Å²) >= 11 is 0. The van der Waals surface area contributed by atoms with Crippen LogP contribution in [0.15, 0.2) is 0 Å². The molecule has 0 aromatic carbocycles. The molecule has 0 heterocycles. The van der Waals surface area contributed by atoms with Gasteiger partial charge >= 0.3 is 0 Å². The van der Waals surface area contributed by atoms with Crippen LogP contribution in [0.4, 0.5) is 0 Å². The van der Waals surface area contributed by atoms with Crippen LogP contribution in [0.5, 0.6) is 0 Å². The predicted octanol–water partition coefficient (Wildman–Crippen LogP) is 3.18. The van der Waals surface area contributed by atoms with Gasteiger partial charge in [-0.3, -0.25) is 0 Å². The standard InChI is InChI=1S/C9H17/c1-3-9-7-5-4-6-8(9)2/h8H,3-7H2,1-2H3. The van der Waals surface area contributed by atoms with Crippen molar-refractivity contribution in [1.82, 2.24) is 0 Å². The Morgan fingerprint density at radius 1 is 1.44 bits per heavy atom.